The molecule has 0 aliphatic rings. The van der Waals surface area contributed by atoms with Crippen molar-refractivity contribution in [2.75, 3.05) is 7.11 Å². The van der Waals surface area contributed by atoms with Gasteiger partial charge in [0.15, 0.2) is 16.6 Å². The summed E-state index contributed by atoms with van der Waals surface area (Å²) < 4.78 is 15.2. The van der Waals surface area contributed by atoms with Gasteiger partial charge in [-0.05, 0) is 30.3 Å². The smallest absolute Gasteiger partial charge is 0.196 e. The van der Waals surface area contributed by atoms with Crippen molar-refractivity contribution in [2.24, 2.45) is 7.05 Å². The summed E-state index contributed by atoms with van der Waals surface area (Å²) in [5, 5.41) is 10.3. The first-order chi connectivity index (χ1) is 15.2. The first-order valence-electron chi connectivity index (χ1n) is 9.51. The van der Waals surface area contributed by atoms with Crippen molar-refractivity contribution in [1.82, 2.24) is 24.3 Å². The first kappa shape index (κ1) is 19.7. The molecule has 0 aliphatic heterocycles. The lowest BCUT2D eigenvalue weighted by Gasteiger charge is -2.14. The van der Waals surface area contributed by atoms with Crippen LogP contribution >= 0.6 is 23.4 Å². The largest absolute Gasteiger partial charge is 0.495 e. The summed E-state index contributed by atoms with van der Waals surface area (Å²) in [7, 11) is 3.61. The molecule has 0 spiro atoms. The Bertz CT molecular complexity index is 1360. The molecule has 0 saturated heterocycles. The van der Waals surface area contributed by atoms with E-state index < -0.39 is 0 Å². The van der Waals surface area contributed by atoms with Crippen LogP contribution in [0.15, 0.2) is 70.6 Å². The number of rotatable bonds is 6. The fourth-order valence-corrected chi connectivity index (χ4v) is 4.50. The summed E-state index contributed by atoms with van der Waals surface area (Å²) >= 11 is 7.89. The van der Waals surface area contributed by atoms with Crippen LogP contribution < -0.4 is 4.74 Å². The number of ether oxygens (including phenoxy) is 1. The van der Waals surface area contributed by atoms with E-state index >= 15 is 0 Å². The third kappa shape index (κ3) is 3.58. The van der Waals surface area contributed by atoms with E-state index in [1.165, 1.54) is 0 Å². The first-order valence-corrected chi connectivity index (χ1v) is 10.9. The Hall–Kier alpha value is -3.23. The number of hydrogen-bond donors (Lipinski definition) is 0. The number of aryl methyl sites for hydroxylation is 1. The van der Waals surface area contributed by atoms with Crippen LogP contribution in [-0.2, 0) is 12.8 Å². The predicted octanol–water partition coefficient (Wildman–Crippen LogP) is 5.37. The van der Waals surface area contributed by atoms with Crippen LogP contribution in [0.3, 0.4) is 0 Å². The van der Waals surface area contributed by atoms with E-state index in [2.05, 4.69) is 15.2 Å². The highest BCUT2D eigenvalue weighted by molar-refractivity contribution is 7.98. The number of fused-ring (bicyclic) bond motifs is 1. The van der Waals surface area contributed by atoms with Gasteiger partial charge in [0.2, 0.25) is 0 Å². The van der Waals surface area contributed by atoms with Crippen molar-refractivity contribution >= 4 is 34.5 Å². The average Bonchev–Trinajstić information content (AvgIpc) is 3.49. The molecule has 1 aromatic carbocycles. The molecule has 5 aromatic rings. The Morgan fingerprint density at radius 3 is 2.81 bits per heavy atom. The van der Waals surface area contributed by atoms with Crippen LogP contribution in [0.2, 0.25) is 5.02 Å². The summed E-state index contributed by atoms with van der Waals surface area (Å²) in [5.41, 5.74) is 4.35. The molecule has 0 N–H and O–H groups in total. The second-order valence-electron chi connectivity index (χ2n) is 6.83. The van der Waals surface area contributed by atoms with Crippen LogP contribution in [0.25, 0.3) is 28.3 Å². The normalized spacial score (nSPS) is 11.3. The van der Waals surface area contributed by atoms with Crippen LogP contribution in [0.5, 0.6) is 5.75 Å². The zero-order chi connectivity index (χ0) is 21.4. The molecule has 0 aliphatic carbocycles. The second-order valence-corrected chi connectivity index (χ2v) is 8.21. The molecule has 0 bridgehead atoms. The van der Waals surface area contributed by atoms with Crippen LogP contribution in [0.4, 0.5) is 0 Å². The third-order valence-electron chi connectivity index (χ3n) is 4.98. The number of hydrogen-bond acceptors (Lipinski definition) is 6. The maximum Gasteiger partial charge on any atom is 0.196 e. The predicted molar refractivity (Wildman–Crippen MR) is 121 cm³/mol. The molecule has 4 heterocycles. The minimum Gasteiger partial charge on any atom is -0.495 e. The molecule has 0 amide bonds. The molecule has 0 atom stereocenters. The molecule has 0 fully saturated rings. The SMILES string of the molecule is COc1ccc(Cl)cc1-n1c(SCc2ccccn2)nnc1-c1cc2occc2n1C. The molecule has 5 rings (SSSR count). The Kier molecular flexibility index (Phi) is 5.17. The van der Waals surface area contributed by atoms with E-state index in [0.717, 1.165) is 28.2 Å². The average molecular weight is 452 g/mol. The number of thioether (sulfide) groups is 1. The number of benzene rings is 1. The van der Waals surface area contributed by atoms with Crippen molar-refractivity contribution in [3.63, 3.8) is 0 Å². The summed E-state index contributed by atoms with van der Waals surface area (Å²) in [6.45, 7) is 0. The Morgan fingerprint density at radius 1 is 1.13 bits per heavy atom. The summed E-state index contributed by atoms with van der Waals surface area (Å²) in [6, 6.07) is 15.2. The Balaban J connectivity index is 1.67. The maximum atomic E-state index is 6.35. The number of nitrogens with zero attached hydrogens (tertiary/aromatic N) is 5. The van der Waals surface area contributed by atoms with Crippen molar-refractivity contribution in [1.29, 1.82) is 0 Å². The zero-order valence-corrected chi connectivity index (χ0v) is 18.4. The van der Waals surface area contributed by atoms with Crippen molar-refractivity contribution < 1.29 is 9.15 Å². The lowest BCUT2D eigenvalue weighted by atomic mass is 10.2. The molecule has 0 unspecified atom stereocenters. The third-order valence-corrected chi connectivity index (χ3v) is 6.18. The fourth-order valence-electron chi connectivity index (χ4n) is 3.47. The van der Waals surface area contributed by atoms with E-state index in [1.807, 2.05) is 58.6 Å². The van der Waals surface area contributed by atoms with Gasteiger partial charge in [-0.1, -0.05) is 29.4 Å². The van der Waals surface area contributed by atoms with Crippen molar-refractivity contribution in [2.45, 2.75) is 10.9 Å². The highest BCUT2D eigenvalue weighted by atomic mass is 35.5. The molecule has 0 saturated carbocycles. The summed E-state index contributed by atoms with van der Waals surface area (Å²) in [5.74, 6) is 1.98. The van der Waals surface area contributed by atoms with Gasteiger partial charge >= 0.3 is 0 Å². The van der Waals surface area contributed by atoms with Gasteiger partial charge in [-0.15, -0.1) is 10.2 Å². The monoisotopic (exact) mass is 451 g/mol. The van der Waals surface area contributed by atoms with Crippen LogP contribution in [0, 0.1) is 0 Å². The van der Waals surface area contributed by atoms with Gasteiger partial charge in [0.05, 0.1) is 36.0 Å². The van der Waals surface area contributed by atoms with Crippen molar-refractivity contribution in [3.05, 3.63) is 71.7 Å². The van der Waals surface area contributed by atoms with Gasteiger partial charge in [0, 0.05) is 36.2 Å². The minimum atomic E-state index is 0.594. The number of aromatic nitrogens is 5. The van der Waals surface area contributed by atoms with E-state index in [4.69, 9.17) is 20.8 Å². The van der Waals surface area contributed by atoms with E-state index in [0.29, 0.717) is 27.5 Å². The quantitative estimate of drug-likeness (QED) is 0.323. The van der Waals surface area contributed by atoms with Gasteiger partial charge in [0.25, 0.3) is 0 Å². The Morgan fingerprint density at radius 2 is 2.03 bits per heavy atom. The molecule has 9 heteroatoms. The van der Waals surface area contributed by atoms with Gasteiger partial charge in [0.1, 0.15) is 5.75 Å². The van der Waals surface area contributed by atoms with Gasteiger partial charge in [-0.25, -0.2) is 0 Å². The van der Waals surface area contributed by atoms with Gasteiger partial charge in [-0.2, -0.15) is 0 Å². The zero-order valence-electron chi connectivity index (χ0n) is 16.8. The molecule has 156 valence electrons. The van der Waals surface area contributed by atoms with Gasteiger partial charge < -0.3 is 13.7 Å². The number of furan rings is 1. The molecular formula is C22H18ClN5O2S. The lowest BCUT2D eigenvalue weighted by molar-refractivity contribution is 0.412. The standard InChI is InChI=1S/C22H18ClN5O2S/c1-27-16-8-10-30-20(16)12-18(27)21-25-26-22(31-13-15-5-3-4-9-24-15)28(21)17-11-14(23)6-7-19(17)29-2/h3-12H,13H2,1-2H3. The van der Waals surface area contributed by atoms with E-state index in [-0.39, 0.29) is 0 Å². The molecular weight excluding hydrogens is 434 g/mol. The Labute approximate surface area is 187 Å². The second kappa shape index (κ2) is 8.13. The summed E-state index contributed by atoms with van der Waals surface area (Å²) in [6.07, 6.45) is 3.46. The van der Waals surface area contributed by atoms with Crippen molar-refractivity contribution in [3.8, 4) is 23.0 Å². The molecule has 0 radical (unpaired) electrons. The highest BCUT2D eigenvalue weighted by Crippen LogP contribution is 2.36. The highest BCUT2D eigenvalue weighted by Gasteiger charge is 2.23. The number of halogens is 1. The molecule has 4 aromatic heterocycles. The number of methoxy groups -OCH3 is 1. The molecule has 7 nitrogen and oxygen atoms in total. The minimum absolute atomic E-state index is 0.594. The van der Waals surface area contributed by atoms with Crippen LogP contribution in [0.1, 0.15) is 5.69 Å². The maximum absolute atomic E-state index is 6.35. The topological polar surface area (TPSA) is 70.9 Å². The fraction of sp³-hybridized carbons (Fsp3) is 0.136. The van der Waals surface area contributed by atoms with Gasteiger partial charge in [-0.3, -0.25) is 9.55 Å². The van der Waals surface area contributed by atoms with Crippen LogP contribution in [-0.4, -0.2) is 31.4 Å². The summed E-state index contributed by atoms with van der Waals surface area (Å²) in [4.78, 5) is 4.40. The molecule has 31 heavy (non-hydrogen) atoms. The van der Waals surface area contributed by atoms with E-state index in [1.54, 1.807) is 37.4 Å². The van der Waals surface area contributed by atoms with E-state index in [9.17, 15) is 0 Å². The number of pyridine rings is 1. The lowest BCUT2D eigenvalue weighted by Crippen LogP contribution is -2.04.